The van der Waals surface area contributed by atoms with Crippen molar-refractivity contribution < 1.29 is 18.6 Å². The van der Waals surface area contributed by atoms with Gasteiger partial charge in [0.25, 0.3) is 0 Å². The Kier molecular flexibility index (Phi) is 3.78. The van der Waals surface area contributed by atoms with Crippen molar-refractivity contribution in [3.8, 4) is 17.2 Å². The maximum Gasteiger partial charge on any atom is 0.231 e. The zero-order valence-electron chi connectivity index (χ0n) is 14.8. The molecular weight excluding hydrogens is 333 g/mol. The quantitative estimate of drug-likeness (QED) is 0.810. The molecular formula is C21H22FNO3. The Morgan fingerprint density at radius 2 is 1.65 bits per heavy atom. The SMILES string of the molecule is C[C@H]1[C@@H](c2ccc(F)cc2)c2cc3c(cc2O[C@@H]1N1CCCC1)OCO3. The molecule has 4 nitrogen and oxygen atoms in total. The standard InChI is InChI=1S/C21H22FNO3/c1-13-20(14-4-6-15(22)7-5-14)16-10-18-19(25-12-24-18)11-17(16)26-21(13)23-8-2-3-9-23/h4-7,10-11,13,20-21H,2-3,8-9,12H2,1H3/t13-,20-,21-/m0/s1. The van der Waals surface area contributed by atoms with Crippen molar-refractivity contribution in [2.75, 3.05) is 19.9 Å². The van der Waals surface area contributed by atoms with Gasteiger partial charge in [-0.15, -0.1) is 0 Å². The highest BCUT2D eigenvalue weighted by Crippen LogP contribution is 2.49. The lowest BCUT2D eigenvalue weighted by Gasteiger charge is -2.42. The average molecular weight is 355 g/mol. The molecule has 3 aliphatic heterocycles. The molecule has 5 rings (SSSR count). The second-order valence-corrected chi connectivity index (χ2v) is 7.38. The van der Waals surface area contributed by atoms with Crippen LogP contribution in [0.1, 0.15) is 36.8 Å². The lowest BCUT2D eigenvalue weighted by molar-refractivity contribution is -0.0178. The smallest absolute Gasteiger partial charge is 0.231 e. The number of fused-ring (bicyclic) bond motifs is 2. The summed E-state index contributed by atoms with van der Waals surface area (Å²) in [5.74, 6) is 2.49. The summed E-state index contributed by atoms with van der Waals surface area (Å²) in [6.45, 7) is 4.59. The molecule has 3 atom stereocenters. The summed E-state index contributed by atoms with van der Waals surface area (Å²) >= 11 is 0. The third kappa shape index (κ3) is 2.53. The largest absolute Gasteiger partial charge is 0.474 e. The van der Waals surface area contributed by atoms with Crippen LogP contribution in [0.3, 0.4) is 0 Å². The van der Waals surface area contributed by atoms with E-state index in [9.17, 15) is 4.39 Å². The van der Waals surface area contributed by atoms with Crippen LogP contribution in [0.15, 0.2) is 36.4 Å². The molecule has 1 saturated heterocycles. The number of benzene rings is 2. The van der Waals surface area contributed by atoms with Crippen LogP contribution in [-0.2, 0) is 0 Å². The average Bonchev–Trinajstić information content (AvgIpc) is 3.32. The van der Waals surface area contributed by atoms with Crippen molar-refractivity contribution in [3.05, 3.63) is 53.3 Å². The molecule has 3 aliphatic rings. The minimum Gasteiger partial charge on any atom is -0.474 e. The van der Waals surface area contributed by atoms with Crippen molar-refractivity contribution >= 4 is 0 Å². The molecule has 136 valence electrons. The molecule has 0 N–H and O–H groups in total. The molecule has 0 aliphatic carbocycles. The molecule has 3 heterocycles. The fourth-order valence-electron chi connectivity index (χ4n) is 4.53. The fourth-order valence-corrected chi connectivity index (χ4v) is 4.53. The highest BCUT2D eigenvalue weighted by atomic mass is 19.1. The third-order valence-corrected chi connectivity index (χ3v) is 5.79. The van der Waals surface area contributed by atoms with Crippen LogP contribution >= 0.6 is 0 Å². The van der Waals surface area contributed by atoms with Crippen molar-refractivity contribution in [3.63, 3.8) is 0 Å². The molecule has 0 bridgehead atoms. The van der Waals surface area contributed by atoms with Crippen molar-refractivity contribution in [2.45, 2.75) is 31.9 Å². The van der Waals surface area contributed by atoms with Crippen LogP contribution in [-0.4, -0.2) is 31.0 Å². The Balaban J connectivity index is 1.62. The molecule has 0 saturated carbocycles. The summed E-state index contributed by atoms with van der Waals surface area (Å²) < 4.78 is 31.0. The summed E-state index contributed by atoms with van der Waals surface area (Å²) in [7, 11) is 0. The predicted octanol–water partition coefficient (Wildman–Crippen LogP) is 4.14. The van der Waals surface area contributed by atoms with Crippen molar-refractivity contribution in [2.24, 2.45) is 5.92 Å². The monoisotopic (exact) mass is 355 g/mol. The van der Waals surface area contributed by atoms with E-state index in [4.69, 9.17) is 14.2 Å². The van der Waals surface area contributed by atoms with Gasteiger partial charge in [0.05, 0.1) is 0 Å². The maximum absolute atomic E-state index is 13.5. The van der Waals surface area contributed by atoms with Gasteiger partial charge in [-0.1, -0.05) is 19.1 Å². The Labute approximate surface area is 152 Å². The van der Waals surface area contributed by atoms with Gasteiger partial charge in [-0.2, -0.15) is 0 Å². The van der Waals surface area contributed by atoms with Crippen molar-refractivity contribution in [1.29, 1.82) is 0 Å². The third-order valence-electron chi connectivity index (χ3n) is 5.79. The van der Waals surface area contributed by atoms with Crippen LogP contribution in [0.5, 0.6) is 17.2 Å². The van der Waals surface area contributed by atoms with E-state index in [1.54, 1.807) is 0 Å². The molecule has 0 spiro atoms. The predicted molar refractivity (Wildman–Crippen MR) is 95.2 cm³/mol. The molecule has 2 aromatic carbocycles. The highest BCUT2D eigenvalue weighted by molar-refractivity contribution is 5.56. The van der Waals surface area contributed by atoms with Crippen LogP contribution in [0.4, 0.5) is 4.39 Å². The number of ether oxygens (including phenoxy) is 3. The zero-order valence-corrected chi connectivity index (χ0v) is 14.8. The van der Waals surface area contributed by atoms with Crippen LogP contribution in [0, 0.1) is 11.7 Å². The first-order chi connectivity index (χ1) is 12.7. The van der Waals surface area contributed by atoms with Gasteiger partial charge in [0.2, 0.25) is 6.79 Å². The molecule has 0 amide bonds. The zero-order chi connectivity index (χ0) is 17.7. The van der Waals surface area contributed by atoms with Crippen molar-refractivity contribution in [1.82, 2.24) is 4.90 Å². The van der Waals surface area contributed by atoms with E-state index in [1.165, 1.54) is 25.0 Å². The molecule has 0 unspecified atom stereocenters. The van der Waals surface area contributed by atoms with Crippen LogP contribution < -0.4 is 14.2 Å². The van der Waals surface area contributed by atoms with Crippen LogP contribution in [0.25, 0.3) is 0 Å². The molecule has 5 heteroatoms. The van der Waals surface area contributed by atoms with E-state index < -0.39 is 0 Å². The number of halogens is 1. The Morgan fingerprint density at radius 1 is 0.962 bits per heavy atom. The number of hydrogen-bond acceptors (Lipinski definition) is 4. The molecule has 0 radical (unpaired) electrons. The Morgan fingerprint density at radius 3 is 2.38 bits per heavy atom. The lowest BCUT2D eigenvalue weighted by Crippen LogP contribution is -2.46. The van der Waals surface area contributed by atoms with Gasteiger partial charge in [-0.05, 0) is 36.6 Å². The highest BCUT2D eigenvalue weighted by Gasteiger charge is 2.41. The van der Waals surface area contributed by atoms with Gasteiger partial charge in [0.1, 0.15) is 11.6 Å². The summed E-state index contributed by atoms with van der Waals surface area (Å²) in [6, 6.07) is 10.8. The second kappa shape index (κ2) is 6.16. The topological polar surface area (TPSA) is 30.9 Å². The molecule has 26 heavy (non-hydrogen) atoms. The minimum atomic E-state index is -0.213. The normalized spacial score (nSPS) is 27.2. The van der Waals surface area contributed by atoms with E-state index in [0.29, 0.717) is 0 Å². The summed E-state index contributed by atoms with van der Waals surface area (Å²) in [5.41, 5.74) is 2.19. The summed E-state index contributed by atoms with van der Waals surface area (Å²) in [6.07, 6.45) is 2.43. The maximum atomic E-state index is 13.5. The molecule has 0 aromatic heterocycles. The molecule has 2 aromatic rings. The first kappa shape index (κ1) is 15.9. The van der Waals surface area contributed by atoms with E-state index in [0.717, 1.165) is 41.5 Å². The second-order valence-electron chi connectivity index (χ2n) is 7.38. The fraction of sp³-hybridized carbons (Fsp3) is 0.429. The Hall–Kier alpha value is -2.27. The lowest BCUT2D eigenvalue weighted by atomic mass is 9.78. The van der Waals surface area contributed by atoms with Gasteiger partial charge < -0.3 is 14.2 Å². The van der Waals surface area contributed by atoms with Gasteiger partial charge in [0.15, 0.2) is 17.7 Å². The summed E-state index contributed by atoms with van der Waals surface area (Å²) in [5, 5.41) is 0. The van der Waals surface area contributed by atoms with Gasteiger partial charge in [0, 0.05) is 36.6 Å². The van der Waals surface area contributed by atoms with Gasteiger partial charge in [-0.25, -0.2) is 4.39 Å². The van der Waals surface area contributed by atoms with E-state index in [2.05, 4.69) is 11.8 Å². The van der Waals surface area contributed by atoms with E-state index >= 15 is 0 Å². The summed E-state index contributed by atoms with van der Waals surface area (Å²) in [4.78, 5) is 2.43. The number of rotatable bonds is 2. The first-order valence-electron chi connectivity index (χ1n) is 9.30. The number of likely N-dealkylation sites (tertiary alicyclic amines) is 1. The van der Waals surface area contributed by atoms with E-state index in [-0.39, 0.29) is 30.7 Å². The minimum absolute atomic E-state index is 0.0143. The number of hydrogen-bond donors (Lipinski definition) is 0. The Bertz CT molecular complexity index is 817. The number of nitrogens with zero attached hydrogens (tertiary/aromatic N) is 1. The van der Waals surface area contributed by atoms with Gasteiger partial charge >= 0.3 is 0 Å². The van der Waals surface area contributed by atoms with E-state index in [1.807, 2.05) is 24.3 Å². The van der Waals surface area contributed by atoms with Crippen LogP contribution in [0.2, 0.25) is 0 Å². The molecule has 1 fully saturated rings. The van der Waals surface area contributed by atoms with Gasteiger partial charge in [-0.3, -0.25) is 4.90 Å². The first-order valence-corrected chi connectivity index (χ1v) is 9.30.